The Bertz CT molecular complexity index is 421. The molecule has 2 atom stereocenters. The number of nitrogens with two attached hydrogens (primary N) is 1. The van der Waals surface area contributed by atoms with E-state index in [1.165, 1.54) is 25.3 Å². The van der Waals surface area contributed by atoms with Gasteiger partial charge < -0.3 is 5.73 Å². The maximum atomic E-state index is 13.1. The van der Waals surface area contributed by atoms with Crippen LogP contribution < -0.4 is 5.73 Å². The van der Waals surface area contributed by atoms with Crippen molar-refractivity contribution < 1.29 is 4.39 Å². The van der Waals surface area contributed by atoms with Crippen LogP contribution in [0.5, 0.6) is 0 Å². The quantitative estimate of drug-likeness (QED) is 0.795. The summed E-state index contributed by atoms with van der Waals surface area (Å²) in [6, 6.07) is 4.93. The zero-order chi connectivity index (χ0) is 13.2. The SMILES string of the molecule is CC1CCCC(N)(Cc2ccc(F)c(Cl)c2)CC1. The molecular weight excluding hydrogens is 249 g/mol. The summed E-state index contributed by atoms with van der Waals surface area (Å²) in [7, 11) is 0. The largest absolute Gasteiger partial charge is 0.325 e. The van der Waals surface area contributed by atoms with Gasteiger partial charge in [-0.1, -0.05) is 37.4 Å². The highest BCUT2D eigenvalue weighted by atomic mass is 35.5. The lowest BCUT2D eigenvalue weighted by Gasteiger charge is -2.28. The van der Waals surface area contributed by atoms with E-state index in [-0.39, 0.29) is 16.4 Å². The molecule has 1 aliphatic carbocycles. The topological polar surface area (TPSA) is 26.0 Å². The highest BCUT2D eigenvalue weighted by Gasteiger charge is 2.28. The summed E-state index contributed by atoms with van der Waals surface area (Å²) >= 11 is 5.82. The Labute approximate surface area is 114 Å². The van der Waals surface area contributed by atoms with E-state index in [0.29, 0.717) is 0 Å². The average Bonchev–Trinajstić information content (AvgIpc) is 2.47. The summed E-state index contributed by atoms with van der Waals surface area (Å²) in [5, 5.41) is 0.193. The van der Waals surface area contributed by atoms with E-state index in [1.54, 1.807) is 12.1 Å². The molecule has 2 unspecified atom stereocenters. The van der Waals surface area contributed by atoms with Crippen LogP contribution in [0.2, 0.25) is 5.02 Å². The molecule has 1 aromatic rings. The lowest BCUT2D eigenvalue weighted by molar-refractivity contribution is 0.363. The van der Waals surface area contributed by atoms with E-state index in [1.807, 2.05) is 0 Å². The lowest BCUT2D eigenvalue weighted by Crippen LogP contribution is -2.41. The van der Waals surface area contributed by atoms with Crippen molar-refractivity contribution in [2.45, 2.75) is 51.0 Å². The van der Waals surface area contributed by atoms with Gasteiger partial charge in [0.2, 0.25) is 0 Å². The minimum Gasteiger partial charge on any atom is -0.325 e. The lowest BCUT2D eigenvalue weighted by atomic mass is 9.84. The molecule has 2 N–H and O–H groups in total. The molecule has 0 spiro atoms. The maximum Gasteiger partial charge on any atom is 0.141 e. The van der Waals surface area contributed by atoms with Crippen LogP contribution in [0.25, 0.3) is 0 Å². The third-order valence-corrected chi connectivity index (χ3v) is 4.34. The predicted octanol–water partition coefficient (Wildman–Crippen LogP) is 4.32. The van der Waals surface area contributed by atoms with Crippen LogP contribution in [0, 0.1) is 11.7 Å². The van der Waals surface area contributed by atoms with Gasteiger partial charge >= 0.3 is 0 Å². The molecule has 18 heavy (non-hydrogen) atoms. The van der Waals surface area contributed by atoms with Crippen molar-refractivity contribution in [3.05, 3.63) is 34.6 Å². The van der Waals surface area contributed by atoms with Crippen molar-refractivity contribution in [3.8, 4) is 0 Å². The number of benzene rings is 1. The fourth-order valence-corrected chi connectivity index (χ4v) is 3.04. The van der Waals surface area contributed by atoms with Gasteiger partial charge in [-0.2, -0.15) is 0 Å². The molecule has 0 saturated heterocycles. The van der Waals surface area contributed by atoms with E-state index < -0.39 is 0 Å². The summed E-state index contributed by atoms with van der Waals surface area (Å²) in [5.74, 6) is 0.410. The Kier molecular flexibility index (Phi) is 4.29. The first kappa shape index (κ1) is 13.8. The Hall–Kier alpha value is -0.600. The molecule has 3 heteroatoms. The number of hydrogen-bond acceptors (Lipinski definition) is 1. The van der Waals surface area contributed by atoms with Crippen LogP contribution in [0.3, 0.4) is 0 Å². The fraction of sp³-hybridized carbons (Fsp3) is 0.600. The van der Waals surface area contributed by atoms with Crippen LogP contribution in [-0.4, -0.2) is 5.54 Å². The monoisotopic (exact) mass is 269 g/mol. The van der Waals surface area contributed by atoms with Crippen molar-refractivity contribution in [2.24, 2.45) is 11.7 Å². The van der Waals surface area contributed by atoms with E-state index >= 15 is 0 Å². The Morgan fingerprint density at radius 1 is 1.39 bits per heavy atom. The molecule has 0 bridgehead atoms. The highest BCUT2D eigenvalue weighted by molar-refractivity contribution is 6.30. The molecule has 0 amide bonds. The van der Waals surface area contributed by atoms with Crippen molar-refractivity contribution in [3.63, 3.8) is 0 Å². The Morgan fingerprint density at radius 3 is 2.89 bits per heavy atom. The van der Waals surface area contributed by atoms with Gasteiger partial charge in [0.1, 0.15) is 5.82 Å². The Balaban J connectivity index is 2.09. The minimum absolute atomic E-state index is 0.147. The summed E-state index contributed by atoms with van der Waals surface area (Å²) < 4.78 is 13.1. The molecule has 0 aromatic heterocycles. The smallest absolute Gasteiger partial charge is 0.141 e. The number of halogens is 2. The molecule has 0 radical (unpaired) electrons. The van der Waals surface area contributed by atoms with E-state index in [9.17, 15) is 4.39 Å². The first-order chi connectivity index (χ1) is 8.48. The summed E-state index contributed by atoms with van der Waals surface area (Å²) in [5.41, 5.74) is 7.40. The number of rotatable bonds is 2. The predicted molar refractivity (Wildman–Crippen MR) is 74.3 cm³/mol. The Morgan fingerprint density at radius 2 is 2.17 bits per heavy atom. The van der Waals surface area contributed by atoms with Gasteiger partial charge in [-0.15, -0.1) is 0 Å². The van der Waals surface area contributed by atoms with Crippen LogP contribution in [-0.2, 0) is 6.42 Å². The maximum absolute atomic E-state index is 13.1. The second kappa shape index (κ2) is 5.58. The molecule has 0 aliphatic heterocycles. The van der Waals surface area contributed by atoms with E-state index in [0.717, 1.165) is 30.7 Å². The van der Waals surface area contributed by atoms with E-state index in [4.69, 9.17) is 17.3 Å². The van der Waals surface area contributed by atoms with Gasteiger partial charge in [0.15, 0.2) is 0 Å². The molecule has 1 fully saturated rings. The minimum atomic E-state index is -0.360. The normalized spacial score (nSPS) is 29.0. The average molecular weight is 270 g/mol. The summed E-state index contributed by atoms with van der Waals surface area (Å²) in [6.45, 7) is 2.29. The molecule has 1 saturated carbocycles. The van der Waals surface area contributed by atoms with Crippen molar-refractivity contribution in [1.82, 2.24) is 0 Å². The van der Waals surface area contributed by atoms with Crippen molar-refractivity contribution in [1.29, 1.82) is 0 Å². The molecule has 2 rings (SSSR count). The molecular formula is C15H21ClFN. The van der Waals surface area contributed by atoms with Gasteiger partial charge in [0, 0.05) is 5.54 Å². The zero-order valence-corrected chi connectivity index (χ0v) is 11.6. The van der Waals surface area contributed by atoms with Crippen molar-refractivity contribution >= 4 is 11.6 Å². The third-order valence-electron chi connectivity index (χ3n) is 4.05. The van der Waals surface area contributed by atoms with Crippen LogP contribution in [0.15, 0.2) is 18.2 Å². The standard InChI is InChI=1S/C15H21ClFN/c1-11-3-2-7-15(18,8-6-11)10-12-4-5-14(17)13(16)9-12/h4-5,9,11H,2-3,6-8,10,18H2,1H3. The third kappa shape index (κ3) is 3.46. The molecule has 0 heterocycles. The molecule has 100 valence electrons. The van der Waals surface area contributed by atoms with Gasteiger partial charge in [0.05, 0.1) is 5.02 Å². The van der Waals surface area contributed by atoms with Crippen molar-refractivity contribution in [2.75, 3.05) is 0 Å². The van der Waals surface area contributed by atoms with Gasteiger partial charge in [-0.05, 0) is 49.3 Å². The van der Waals surface area contributed by atoms with Gasteiger partial charge in [-0.25, -0.2) is 4.39 Å². The zero-order valence-electron chi connectivity index (χ0n) is 10.9. The first-order valence-electron chi connectivity index (χ1n) is 6.71. The fourth-order valence-electron chi connectivity index (χ4n) is 2.84. The van der Waals surface area contributed by atoms with Gasteiger partial charge in [0.25, 0.3) is 0 Å². The highest BCUT2D eigenvalue weighted by Crippen LogP contribution is 2.31. The second-order valence-corrected chi connectivity index (χ2v) is 6.23. The first-order valence-corrected chi connectivity index (χ1v) is 7.09. The summed E-state index contributed by atoms with van der Waals surface area (Å²) in [4.78, 5) is 0. The second-order valence-electron chi connectivity index (χ2n) is 5.82. The van der Waals surface area contributed by atoms with Gasteiger partial charge in [-0.3, -0.25) is 0 Å². The van der Waals surface area contributed by atoms with Crippen LogP contribution >= 0.6 is 11.6 Å². The molecule has 1 nitrogen and oxygen atoms in total. The molecule has 1 aliphatic rings. The molecule has 1 aromatic carbocycles. The summed E-state index contributed by atoms with van der Waals surface area (Å²) in [6.07, 6.45) is 6.52. The van der Waals surface area contributed by atoms with E-state index in [2.05, 4.69) is 6.92 Å². The van der Waals surface area contributed by atoms with Crippen LogP contribution in [0.1, 0.15) is 44.6 Å². The number of hydrogen-bond donors (Lipinski definition) is 1. The van der Waals surface area contributed by atoms with Crippen LogP contribution in [0.4, 0.5) is 4.39 Å².